The van der Waals surface area contributed by atoms with E-state index in [-0.39, 0.29) is 0 Å². The lowest BCUT2D eigenvalue weighted by Crippen LogP contribution is -2.31. The van der Waals surface area contributed by atoms with Gasteiger partial charge < -0.3 is 5.32 Å². The highest BCUT2D eigenvalue weighted by atomic mass is 14.9. The first-order valence-corrected chi connectivity index (χ1v) is 8.07. The summed E-state index contributed by atoms with van der Waals surface area (Å²) in [6.07, 6.45) is 9.74. The quantitative estimate of drug-likeness (QED) is 0.761. The van der Waals surface area contributed by atoms with Crippen LogP contribution in [0.2, 0.25) is 0 Å². The molecule has 1 heteroatoms. The molecule has 0 heterocycles. The molecule has 1 aromatic rings. The van der Waals surface area contributed by atoms with E-state index in [2.05, 4.69) is 43.4 Å². The third-order valence-corrected chi connectivity index (χ3v) is 4.45. The Kier molecular flexibility index (Phi) is 5.91. The Balaban J connectivity index is 1.82. The third-order valence-electron chi connectivity index (χ3n) is 4.45. The molecule has 1 aromatic carbocycles. The molecule has 0 amide bonds. The van der Waals surface area contributed by atoms with Crippen molar-refractivity contribution in [2.75, 3.05) is 6.54 Å². The van der Waals surface area contributed by atoms with Gasteiger partial charge in [0.15, 0.2) is 0 Å². The lowest BCUT2D eigenvalue weighted by molar-refractivity contribution is 0.376. The van der Waals surface area contributed by atoms with E-state index in [0.29, 0.717) is 6.04 Å². The number of rotatable bonds is 7. The van der Waals surface area contributed by atoms with Crippen molar-refractivity contribution in [3.05, 3.63) is 35.4 Å². The van der Waals surface area contributed by atoms with E-state index in [1.165, 1.54) is 56.1 Å². The number of hydrogen-bond donors (Lipinski definition) is 1. The van der Waals surface area contributed by atoms with Crippen LogP contribution in [-0.4, -0.2) is 12.6 Å². The topological polar surface area (TPSA) is 12.0 Å². The van der Waals surface area contributed by atoms with E-state index in [0.717, 1.165) is 12.5 Å². The molecule has 0 bridgehead atoms. The van der Waals surface area contributed by atoms with Gasteiger partial charge in [-0.3, -0.25) is 0 Å². The van der Waals surface area contributed by atoms with E-state index in [1.54, 1.807) is 0 Å². The minimum atomic E-state index is 0.716. The van der Waals surface area contributed by atoms with Crippen molar-refractivity contribution in [2.24, 2.45) is 5.92 Å². The lowest BCUT2D eigenvalue weighted by atomic mass is 9.94. The molecule has 1 aliphatic carbocycles. The Morgan fingerprint density at radius 2 is 2.05 bits per heavy atom. The van der Waals surface area contributed by atoms with Crippen molar-refractivity contribution in [2.45, 2.75) is 64.8 Å². The molecular weight excluding hydrogens is 230 g/mol. The van der Waals surface area contributed by atoms with E-state index in [9.17, 15) is 0 Å². The molecule has 1 fully saturated rings. The van der Waals surface area contributed by atoms with Crippen LogP contribution in [0.5, 0.6) is 0 Å². The zero-order valence-electron chi connectivity index (χ0n) is 12.6. The normalized spacial score (nSPS) is 17.8. The molecule has 19 heavy (non-hydrogen) atoms. The van der Waals surface area contributed by atoms with Crippen LogP contribution in [0.1, 0.15) is 56.6 Å². The van der Waals surface area contributed by atoms with Gasteiger partial charge in [-0.25, -0.2) is 0 Å². The zero-order valence-corrected chi connectivity index (χ0v) is 12.6. The van der Waals surface area contributed by atoms with Gasteiger partial charge in [0.1, 0.15) is 0 Å². The summed E-state index contributed by atoms with van der Waals surface area (Å²) >= 11 is 0. The van der Waals surface area contributed by atoms with E-state index in [4.69, 9.17) is 0 Å². The van der Waals surface area contributed by atoms with Gasteiger partial charge >= 0.3 is 0 Å². The van der Waals surface area contributed by atoms with Crippen LogP contribution in [0.25, 0.3) is 0 Å². The molecule has 0 aliphatic heterocycles. The van der Waals surface area contributed by atoms with Crippen molar-refractivity contribution in [3.8, 4) is 0 Å². The minimum Gasteiger partial charge on any atom is -0.314 e. The van der Waals surface area contributed by atoms with Crippen LogP contribution in [0, 0.1) is 12.8 Å². The molecule has 1 unspecified atom stereocenters. The van der Waals surface area contributed by atoms with Gasteiger partial charge in [-0.05, 0) is 44.2 Å². The maximum atomic E-state index is 3.69. The molecule has 0 saturated heterocycles. The fourth-order valence-corrected chi connectivity index (χ4v) is 3.45. The largest absolute Gasteiger partial charge is 0.314 e. The summed E-state index contributed by atoms with van der Waals surface area (Å²) in [6.45, 7) is 5.52. The molecule has 0 aromatic heterocycles. The maximum absolute atomic E-state index is 3.69. The van der Waals surface area contributed by atoms with Crippen LogP contribution in [0.3, 0.4) is 0 Å². The fourth-order valence-electron chi connectivity index (χ4n) is 3.45. The monoisotopic (exact) mass is 259 g/mol. The maximum Gasteiger partial charge on any atom is 0.00727 e. The molecule has 2 rings (SSSR count). The van der Waals surface area contributed by atoms with Gasteiger partial charge in [0.2, 0.25) is 0 Å². The average Bonchev–Trinajstić information content (AvgIpc) is 2.89. The summed E-state index contributed by atoms with van der Waals surface area (Å²) in [5, 5.41) is 3.69. The molecule has 1 N–H and O–H groups in total. The van der Waals surface area contributed by atoms with Gasteiger partial charge in [-0.1, -0.05) is 62.4 Å². The van der Waals surface area contributed by atoms with Crippen molar-refractivity contribution < 1.29 is 0 Å². The standard InChI is InChI=1S/C18H29N/c1-3-19-18(14-16-8-4-5-9-16)12-11-17-10-6-7-15(2)13-17/h6-7,10,13,16,18-19H,3-5,8-9,11-12,14H2,1-2H3. The minimum absolute atomic E-state index is 0.716. The number of nitrogens with one attached hydrogen (secondary N) is 1. The molecule has 0 spiro atoms. The smallest absolute Gasteiger partial charge is 0.00727 e. The van der Waals surface area contributed by atoms with Crippen molar-refractivity contribution in [1.82, 2.24) is 5.32 Å². The second kappa shape index (κ2) is 7.69. The van der Waals surface area contributed by atoms with Gasteiger partial charge in [0.25, 0.3) is 0 Å². The highest BCUT2D eigenvalue weighted by Crippen LogP contribution is 2.29. The van der Waals surface area contributed by atoms with Crippen molar-refractivity contribution in [1.29, 1.82) is 0 Å². The lowest BCUT2D eigenvalue weighted by Gasteiger charge is -2.21. The molecule has 106 valence electrons. The summed E-state index contributed by atoms with van der Waals surface area (Å²) in [5.74, 6) is 0.988. The Morgan fingerprint density at radius 3 is 2.74 bits per heavy atom. The fraction of sp³-hybridized carbons (Fsp3) is 0.667. The van der Waals surface area contributed by atoms with Gasteiger partial charge in [0.05, 0.1) is 0 Å². The molecule has 1 saturated carbocycles. The third kappa shape index (κ3) is 4.99. The number of aryl methyl sites for hydroxylation is 2. The highest BCUT2D eigenvalue weighted by Gasteiger charge is 2.19. The predicted octanol–water partition coefficient (Wildman–Crippen LogP) is 4.49. The Hall–Kier alpha value is -0.820. The number of hydrogen-bond acceptors (Lipinski definition) is 1. The second-order valence-corrected chi connectivity index (χ2v) is 6.17. The summed E-state index contributed by atoms with van der Waals surface area (Å²) in [6, 6.07) is 9.69. The second-order valence-electron chi connectivity index (χ2n) is 6.17. The highest BCUT2D eigenvalue weighted by molar-refractivity contribution is 5.22. The van der Waals surface area contributed by atoms with Crippen LogP contribution in [0.15, 0.2) is 24.3 Å². The van der Waals surface area contributed by atoms with Crippen LogP contribution in [0.4, 0.5) is 0 Å². The summed E-state index contributed by atoms with van der Waals surface area (Å²) in [5.41, 5.74) is 2.88. The zero-order chi connectivity index (χ0) is 13.5. The van der Waals surface area contributed by atoms with Crippen molar-refractivity contribution >= 4 is 0 Å². The number of benzene rings is 1. The van der Waals surface area contributed by atoms with E-state index < -0.39 is 0 Å². The summed E-state index contributed by atoms with van der Waals surface area (Å²) in [7, 11) is 0. The first-order chi connectivity index (χ1) is 9.28. The first-order valence-electron chi connectivity index (χ1n) is 8.07. The molecule has 1 aliphatic rings. The van der Waals surface area contributed by atoms with Crippen molar-refractivity contribution in [3.63, 3.8) is 0 Å². The van der Waals surface area contributed by atoms with Gasteiger partial charge in [0, 0.05) is 6.04 Å². The van der Waals surface area contributed by atoms with E-state index in [1.807, 2.05) is 0 Å². The van der Waals surface area contributed by atoms with Gasteiger partial charge in [-0.15, -0.1) is 0 Å². The van der Waals surface area contributed by atoms with Crippen LogP contribution in [-0.2, 0) is 6.42 Å². The Bertz CT molecular complexity index is 366. The van der Waals surface area contributed by atoms with Crippen LogP contribution >= 0.6 is 0 Å². The molecule has 1 nitrogen and oxygen atoms in total. The van der Waals surface area contributed by atoms with Crippen LogP contribution < -0.4 is 5.32 Å². The Morgan fingerprint density at radius 1 is 1.26 bits per heavy atom. The predicted molar refractivity (Wildman–Crippen MR) is 83.5 cm³/mol. The average molecular weight is 259 g/mol. The summed E-state index contributed by atoms with van der Waals surface area (Å²) < 4.78 is 0. The molecular formula is C18H29N. The molecule has 1 atom stereocenters. The van der Waals surface area contributed by atoms with E-state index >= 15 is 0 Å². The van der Waals surface area contributed by atoms with Gasteiger partial charge in [-0.2, -0.15) is 0 Å². The first kappa shape index (κ1) is 14.6. The SMILES string of the molecule is CCNC(CCc1cccc(C)c1)CC1CCCC1. The Labute approximate surface area is 118 Å². The molecule has 0 radical (unpaired) electrons. The summed E-state index contributed by atoms with van der Waals surface area (Å²) in [4.78, 5) is 0.